The van der Waals surface area contributed by atoms with Crippen molar-refractivity contribution in [3.63, 3.8) is 0 Å². The van der Waals surface area contributed by atoms with Crippen molar-refractivity contribution >= 4 is 19.0 Å². The number of hydrogen-bond donors (Lipinski definition) is 1. The average Bonchev–Trinajstić information content (AvgIpc) is 2.89. The first-order chi connectivity index (χ1) is 18.3. The molecule has 2 heteroatoms. The summed E-state index contributed by atoms with van der Waals surface area (Å²) in [4.78, 5) is 0. The third kappa shape index (κ3) is 11.8. The minimum absolute atomic E-state index is 0.241. The number of rotatable bonds is 6. The molecule has 2 aromatic carbocycles. The first-order valence-electron chi connectivity index (χ1n) is 14.4. The van der Waals surface area contributed by atoms with Gasteiger partial charge in [0.1, 0.15) is 0 Å². The van der Waals surface area contributed by atoms with Crippen LogP contribution in [0.3, 0.4) is 0 Å². The van der Waals surface area contributed by atoms with Crippen LogP contribution in [-0.4, -0.2) is 13.5 Å². The van der Waals surface area contributed by atoms with Crippen LogP contribution in [0.1, 0.15) is 108 Å². The third-order valence-electron chi connectivity index (χ3n) is 7.79. The number of benzene rings is 2. The van der Waals surface area contributed by atoms with E-state index in [-0.39, 0.29) is 5.41 Å². The topological polar surface area (TPSA) is 26.0 Å². The molecule has 0 aliphatic heterocycles. The van der Waals surface area contributed by atoms with Crippen molar-refractivity contribution in [2.75, 3.05) is 0 Å². The molecule has 2 N–H and O–H groups in total. The molecule has 0 fully saturated rings. The molecule has 1 radical (unpaired) electrons. The van der Waals surface area contributed by atoms with Crippen molar-refractivity contribution < 1.29 is 0 Å². The maximum absolute atomic E-state index is 6.43. The second-order valence-electron chi connectivity index (χ2n) is 11.6. The molecule has 2 rings (SSSR count). The fourth-order valence-electron chi connectivity index (χ4n) is 3.76. The normalized spacial score (nSPS) is 12.1. The second kappa shape index (κ2) is 17.9. The summed E-state index contributed by atoms with van der Waals surface area (Å²) in [5, 5.41) is 0. The van der Waals surface area contributed by atoms with E-state index in [0.29, 0.717) is 0 Å². The molecular formula is C38H59BN. The molecule has 0 unspecified atom stereocenters. The maximum atomic E-state index is 6.43. The second-order valence-corrected chi connectivity index (χ2v) is 11.6. The van der Waals surface area contributed by atoms with Gasteiger partial charge in [-0.2, -0.15) is 0 Å². The monoisotopic (exact) mass is 540 g/mol. The fourth-order valence-corrected chi connectivity index (χ4v) is 3.76. The Balaban J connectivity index is 0. The summed E-state index contributed by atoms with van der Waals surface area (Å²) in [5.41, 5.74) is 19.9. The van der Waals surface area contributed by atoms with Gasteiger partial charge in [-0.3, -0.25) is 0 Å². The van der Waals surface area contributed by atoms with E-state index < -0.39 is 5.54 Å². The van der Waals surface area contributed by atoms with Gasteiger partial charge in [0.2, 0.25) is 0 Å². The summed E-state index contributed by atoms with van der Waals surface area (Å²) in [6, 6.07) is 10.7. The van der Waals surface area contributed by atoms with Crippen molar-refractivity contribution in [1.29, 1.82) is 0 Å². The molecule has 219 valence electrons. The zero-order valence-corrected chi connectivity index (χ0v) is 28.7. The van der Waals surface area contributed by atoms with Crippen molar-refractivity contribution in [3.05, 3.63) is 111 Å². The summed E-state index contributed by atoms with van der Waals surface area (Å²) in [7, 11) is 5.69. The van der Waals surface area contributed by atoms with Crippen LogP contribution in [0.15, 0.2) is 72.4 Å². The standard InChI is InChI=1S/C14H21BN.C12H16.C10H16.C2H6/c1-10-6-7-12(8-11(10)2)14(5,16)13(3,4)9-15;1-8(2)12-10(4)7-6-9(3)11(12)5;1-6-9(4)7-10(5)8(2)3;1-2/h6-9H,16H2,1-5H3;6-7H,1H2,2-5H3;6-7H,1H2,2-5H3;1-2H3/b;;9-7-;/t14-;;;/m1.../s1. The van der Waals surface area contributed by atoms with Crippen LogP contribution in [0.25, 0.3) is 5.57 Å². The Morgan fingerprint density at radius 3 is 1.65 bits per heavy atom. The molecular weight excluding hydrogens is 481 g/mol. The average molecular weight is 541 g/mol. The zero-order valence-electron chi connectivity index (χ0n) is 28.7. The number of aryl methyl sites for hydroxylation is 4. The van der Waals surface area contributed by atoms with Gasteiger partial charge in [-0.25, -0.2) is 0 Å². The summed E-state index contributed by atoms with van der Waals surface area (Å²) in [5.74, 6) is 1.68. The van der Waals surface area contributed by atoms with Gasteiger partial charge in [-0.1, -0.05) is 73.6 Å². The van der Waals surface area contributed by atoms with Gasteiger partial charge in [-0.15, -0.1) is 0 Å². The van der Waals surface area contributed by atoms with Crippen LogP contribution in [0.2, 0.25) is 0 Å². The molecule has 0 aliphatic rings. The van der Waals surface area contributed by atoms with Crippen molar-refractivity contribution in [1.82, 2.24) is 0 Å². The number of nitrogens with two attached hydrogens (primary N) is 1. The Labute approximate surface area is 250 Å². The van der Waals surface area contributed by atoms with Crippen LogP contribution in [0.5, 0.6) is 0 Å². The molecule has 0 bridgehead atoms. The first kappa shape index (κ1) is 39.4. The predicted octanol–water partition coefficient (Wildman–Crippen LogP) is 10.6. The quantitative estimate of drug-likeness (QED) is 0.286. The summed E-state index contributed by atoms with van der Waals surface area (Å²) in [6.07, 6.45) is 4.01. The van der Waals surface area contributed by atoms with E-state index in [9.17, 15) is 0 Å². The van der Waals surface area contributed by atoms with E-state index in [0.717, 1.165) is 11.1 Å². The van der Waals surface area contributed by atoms with Crippen molar-refractivity contribution in [2.24, 2.45) is 11.1 Å². The van der Waals surface area contributed by atoms with E-state index in [1.165, 1.54) is 50.1 Å². The van der Waals surface area contributed by atoms with Crippen LogP contribution >= 0.6 is 0 Å². The van der Waals surface area contributed by atoms with Gasteiger partial charge < -0.3 is 0 Å². The molecule has 1 nitrogen and oxygen atoms in total. The van der Waals surface area contributed by atoms with Crippen LogP contribution in [0, 0.1) is 40.0 Å². The Morgan fingerprint density at radius 1 is 0.800 bits per heavy atom. The van der Waals surface area contributed by atoms with E-state index >= 15 is 0 Å². The summed E-state index contributed by atoms with van der Waals surface area (Å²) >= 11 is 0. The van der Waals surface area contributed by atoms with Gasteiger partial charge in [0.15, 0.2) is 0 Å². The van der Waals surface area contributed by atoms with Crippen LogP contribution < -0.4 is 5.73 Å². The molecule has 0 aliphatic carbocycles. The Morgan fingerprint density at radius 2 is 1.27 bits per heavy atom. The van der Waals surface area contributed by atoms with Crippen molar-refractivity contribution in [2.45, 2.75) is 109 Å². The molecule has 0 heterocycles. The molecule has 1 atom stereocenters. The Bertz CT molecular complexity index is 1200. The molecule has 40 heavy (non-hydrogen) atoms. The third-order valence-corrected chi connectivity index (χ3v) is 7.79. The van der Waals surface area contributed by atoms with Gasteiger partial charge >= 0.3 is 99.6 Å². The molecule has 0 saturated heterocycles. The van der Waals surface area contributed by atoms with Crippen molar-refractivity contribution in [3.8, 4) is 0 Å². The molecule has 0 saturated carbocycles. The summed E-state index contributed by atoms with van der Waals surface area (Å²) < 4.78 is 0. The number of allylic oxidation sites excluding steroid dienone is 6. The van der Waals surface area contributed by atoms with E-state index in [1.807, 2.05) is 26.8 Å². The van der Waals surface area contributed by atoms with Crippen LogP contribution in [-0.2, 0) is 5.54 Å². The zero-order chi connectivity index (χ0) is 32.0. The van der Waals surface area contributed by atoms with Crippen LogP contribution in [0.4, 0.5) is 0 Å². The summed E-state index contributed by atoms with van der Waals surface area (Å²) in [6.45, 7) is 38.9. The van der Waals surface area contributed by atoms with Gasteiger partial charge in [0.05, 0.1) is 0 Å². The molecule has 0 spiro atoms. The minimum atomic E-state index is -0.458. The van der Waals surface area contributed by atoms with E-state index in [2.05, 4.69) is 133 Å². The molecule has 0 aromatic heterocycles. The van der Waals surface area contributed by atoms with Gasteiger partial charge in [0, 0.05) is 0 Å². The molecule has 0 amide bonds. The molecule has 2 aromatic rings. The Kier molecular flexibility index (Phi) is 17.6. The SMILES string of the molecule is C=C(C)c1c(C)ccc(C)c1C.C=C/C(C)=C\C(C)=C(C)C.CC.[B]=CC(C)(C)[C@](C)(N)c1ccc(C)c(C)c1. The fraction of sp³-hybridized carbons (Fsp3) is 0.447. The van der Waals surface area contributed by atoms with E-state index in [4.69, 9.17) is 13.2 Å². The number of hydrogen-bond acceptors (Lipinski definition) is 1. The van der Waals surface area contributed by atoms with E-state index in [1.54, 1.807) is 5.97 Å². The Hall–Kier alpha value is -2.71. The van der Waals surface area contributed by atoms with Gasteiger partial charge in [0.25, 0.3) is 0 Å². The predicted molar refractivity (Wildman–Crippen MR) is 188 cm³/mol. The first-order valence-corrected chi connectivity index (χ1v) is 14.4. The van der Waals surface area contributed by atoms with Gasteiger partial charge in [-0.05, 0) is 77.6 Å².